The molecular formula is C26H30F6O2Ti. The molecule has 0 unspecified atom stereocenters. The van der Waals surface area contributed by atoms with Crippen LogP contribution in [0.1, 0.15) is 85.9 Å². The van der Waals surface area contributed by atoms with Crippen molar-refractivity contribution >= 4 is 11.6 Å². The van der Waals surface area contributed by atoms with Crippen molar-refractivity contribution in [2.45, 2.75) is 65.2 Å². The summed E-state index contributed by atoms with van der Waals surface area (Å²) in [5.74, 6) is -8.58. The Morgan fingerprint density at radius 3 is 1.23 bits per heavy atom. The van der Waals surface area contributed by atoms with Crippen LogP contribution in [0.2, 0.25) is 0 Å². The summed E-state index contributed by atoms with van der Waals surface area (Å²) in [5.41, 5.74) is -0.843. The van der Waals surface area contributed by atoms with E-state index in [1.807, 2.05) is 13.8 Å². The first-order valence-corrected chi connectivity index (χ1v) is 10.3. The normalized spacial score (nSPS) is 9.60. The van der Waals surface area contributed by atoms with Gasteiger partial charge in [0.25, 0.3) is 0 Å². The predicted octanol–water partition coefficient (Wildman–Crippen LogP) is 8.23. The molecule has 0 aliphatic heterocycles. The third-order valence-corrected chi connectivity index (χ3v) is 4.49. The van der Waals surface area contributed by atoms with Crippen LogP contribution in [0.15, 0.2) is 12.1 Å². The van der Waals surface area contributed by atoms with Crippen molar-refractivity contribution in [3.63, 3.8) is 0 Å². The average Bonchev–Trinajstić information content (AvgIpc) is 2.74. The molecular weight excluding hydrogens is 506 g/mol. The van der Waals surface area contributed by atoms with Gasteiger partial charge in [-0.15, -0.1) is 24.3 Å². The van der Waals surface area contributed by atoms with Gasteiger partial charge in [0, 0.05) is 34.9 Å². The van der Waals surface area contributed by atoms with Gasteiger partial charge in [-0.2, -0.15) is 0 Å². The van der Waals surface area contributed by atoms with Crippen LogP contribution in [-0.4, -0.2) is 11.6 Å². The van der Waals surface area contributed by atoms with Crippen molar-refractivity contribution in [2.75, 3.05) is 0 Å². The molecule has 192 valence electrons. The zero-order chi connectivity index (χ0) is 24.3. The maximum Gasteiger partial charge on any atom is 4.00 e. The van der Waals surface area contributed by atoms with Gasteiger partial charge in [-0.25, -0.2) is 17.6 Å². The Hall–Kier alpha value is -1.93. The maximum absolute atomic E-state index is 13.1. The van der Waals surface area contributed by atoms with Crippen molar-refractivity contribution in [1.29, 1.82) is 0 Å². The van der Waals surface area contributed by atoms with E-state index in [2.05, 4.69) is 0 Å². The number of benzene rings is 2. The molecule has 0 aliphatic carbocycles. The van der Waals surface area contributed by atoms with E-state index in [0.717, 1.165) is 25.7 Å². The topological polar surface area (TPSA) is 34.1 Å². The second kappa shape index (κ2) is 19.3. The fourth-order valence-corrected chi connectivity index (χ4v) is 2.70. The van der Waals surface area contributed by atoms with Crippen LogP contribution in [0.4, 0.5) is 26.3 Å². The first kappa shape index (κ1) is 37.6. The number of carbonyl (C=O) groups excluding carboxylic acids is 2. The molecule has 0 spiro atoms. The molecule has 0 bridgehead atoms. The Kier molecular flexibility index (Phi) is 20.7. The van der Waals surface area contributed by atoms with Crippen LogP contribution < -0.4 is 0 Å². The number of carbonyl (C=O) groups is 2. The average molecular weight is 536 g/mol. The second-order valence-electron chi connectivity index (χ2n) is 7.08. The van der Waals surface area contributed by atoms with Crippen LogP contribution in [0.5, 0.6) is 0 Å². The minimum atomic E-state index is -1.40. The summed E-state index contributed by atoms with van der Waals surface area (Å²) < 4.78 is 76.9. The monoisotopic (exact) mass is 536 g/mol. The van der Waals surface area contributed by atoms with Gasteiger partial charge < -0.3 is 24.4 Å². The van der Waals surface area contributed by atoms with Gasteiger partial charge in [0.15, 0.2) is 0 Å². The Morgan fingerprint density at radius 1 is 0.629 bits per heavy atom. The molecule has 2 aromatic carbocycles. The van der Waals surface area contributed by atoms with Crippen molar-refractivity contribution in [1.82, 2.24) is 0 Å². The molecule has 0 aliphatic rings. The molecule has 0 saturated carbocycles. The number of ketones is 2. The molecule has 0 saturated heterocycles. The van der Waals surface area contributed by atoms with Crippen LogP contribution >= 0.6 is 0 Å². The largest absolute Gasteiger partial charge is 4.00 e. The third-order valence-electron chi connectivity index (χ3n) is 4.49. The molecule has 0 heterocycles. The minimum Gasteiger partial charge on any atom is -0.358 e. The van der Waals surface area contributed by atoms with E-state index in [4.69, 9.17) is 0 Å². The summed E-state index contributed by atoms with van der Waals surface area (Å²) in [7, 11) is 0. The summed E-state index contributed by atoms with van der Waals surface area (Å²) in [5, 5.41) is 0. The van der Waals surface area contributed by atoms with Gasteiger partial charge in [0.1, 0.15) is 11.6 Å². The fraction of sp³-hybridized carbons (Fsp3) is 0.385. The number of Topliss-reactive ketones (excluding diaryl/α,β-unsaturated/α-hetero) is 2. The molecule has 0 amide bonds. The van der Waals surface area contributed by atoms with Gasteiger partial charge in [-0.05, 0) is 25.7 Å². The van der Waals surface area contributed by atoms with E-state index in [0.29, 0.717) is 25.0 Å². The molecule has 2 nitrogen and oxygen atoms in total. The summed E-state index contributed by atoms with van der Waals surface area (Å²) >= 11 is 0. The van der Waals surface area contributed by atoms with Crippen molar-refractivity contribution in [2.24, 2.45) is 0 Å². The first-order chi connectivity index (χ1) is 15.1. The van der Waals surface area contributed by atoms with Crippen LogP contribution in [0, 0.1) is 61.9 Å². The number of rotatable bonds is 10. The summed E-state index contributed by atoms with van der Waals surface area (Å²) in [6.45, 7) is 3.94. The number of halogens is 6. The zero-order valence-electron chi connectivity index (χ0n) is 20.4. The zero-order valence-corrected chi connectivity index (χ0v) is 22.0. The fourth-order valence-electron chi connectivity index (χ4n) is 2.70. The van der Waals surface area contributed by atoms with E-state index in [-0.39, 0.29) is 49.4 Å². The SMILES string of the molecule is CCCCCC(=O)c1cc(F)c(F)[c-]c1F.CCCCCC(=O)c1cc(F)c(F)[c-]c1F.[CH3-].[CH3-].[Ti+4]. The quantitative estimate of drug-likeness (QED) is 0.0766. The molecule has 0 atom stereocenters. The molecule has 0 fully saturated rings. The Labute approximate surface area is 219 Å². The summed E-state index contributed by atoms with van der Waals surface area (Å²) in [6, 6.07) is 4.28. The third kappa shape index (κ3) is 12.6. The Bertz CT molecular complexity index is 859. The van der Waals surface area contributed by atoms with Crippen LogP contribution in [0.25, 0.3) is 0 Å². The Morgan fingerprint density at radius 2 is 0.943 bits per heavy atom. The molecule has 0 aromatic heterocycles. The van der Waals surface area contributed by atoms with E-state index in [1.54, 1.807) is 12.1 Å². The molecule has 0 radical (unpaired) electrons. The molecule has 2 aromatic rings. The van der Waals surface area contributed by atoms with Gasteiger partial charge in [-0.1, -0.05) is 50.7 Å². The van der Waals surface area contributed by atoms with E-state index >= 15 is 0 Å². The van der Waals surface area contributed by atoms with Gasteiger partial charge >= 0.3 is 21.7 Å². The predicted molar refractivity (Wildman–Crippen MR) is 120 cm³/mol. The number of hydrogen-bond donors (Lipinski definition) is 0. The van der Waals surface area contributed by atoms with Gasteiger partial charge in [-0.3, -0.25) is 8.78 Å². The molecule has 2 rings (SSSR count). The second-order valence-corrected chi connectivity index (χ2v) is 7.08. The molecule has 9 heteroatoms. The van der Waals surface area contributed by atoms with Crippen molar-refractivity contribution in [3.05, 3.63) is 85.1 Å². The number of hydrogen-bond acceptors (Lipinski definition) is 2. The summed E-state index contributed by atoms with van der Waals surface area (Å²) in [6.07, 6.45) is 5.08. The minimum absolute atomic E-state index is 0. The van der Waals surface area contributed by atoms with Crippen LogP contribution in [-0.2, 0) is 21.7 Å². The molecule has 0 N–H and O–H groups in total. The van der Waals surface area contributed by atoms with Crippen molar-refractivity contribution < 1.29 is 57.6 Å². The standard InChI is InChI=1S/2C12H12F3O.2CH3.Ti/c2*1-2-3-4-5-12(16)8-6-10(14)11(15)7-9(8)13;;;/h2*6H,2-5H2,1H3;2*1H3;/q4*-1;+4. The summed E-state index contributed by atoms with van der Waals surface area (Å²) in [4.78, 5) is 22.9. The molecule has 35 heavy (non-hydrogen) atoms. The van der Waals surface area contributed by atoms with E-state index in [1.165, 1.54) is 0 Å². The van der Waals surface area contributed by atoms with Crippen LogP contribution in [0.3, 0.4) is 0 Å². The van der Waals surface area contributed by atoms with E-state index < -0.39 is 57.6 Å². The maximum atomic E-state index is 13.1. The smallest absolute Gasteiger partial charge is 0.358 e. The van der Waals surface area contributed by atoms with Crippen molar-refractivity contribution in [3.8, 4) is 0 Å². The van der Waals surface area contributed by atoms with Gasteiger partial charge in [0.05, 0.1) is 0 Å². The Balaban J connectivity index is -0.000000539. The number of unbranched alkanes of at least 4 members (excludes halogenated alkanes) is 4. The first-order valence-electron chi connectivity index (χ1n) is 10.3. The van der Waals surface area contributed by atoms with Gasteiger partial charge in [0.2, 0.25) is 0 Å². The van der Waals surface area contributed by atoms with E-state index in [9.17, 15) is 35.9 Å².